The van der Waals surface area contributed by atoms with Crippen molar-refractivity contribution in [3.8, 4) is 0 Å². The third-order valence-corrected chi connectivity index (χ3v) is 4.49. The smallest absolute Gasteiger partial charge is 0.254 e. The van der Waals surface area contributed by atoms with Gasteiger partial charge in [0.05, 0.1) is 17.6 Å². The van der Waals surface area contributed by atoms with Gasteiger partial charge in [-0.25, -0.2) is 13.8 Å². The summed E-state index contributed by atoms with van der Waals surface area (Å²) in [6, 6.07) is 4.32. The Hall–Kier alpha value is -2.57. The van der Waals surface area contributed by atoms with Crippen LogP contribution in [0, 0.1) is 11.6 Å². The van der Waals surface area contributed by atoms with Crippen LogP contribution in [0.2, 0.25) is 0 Å². The monoisotopic (exact) mass is 347 g/mol. The molecule has 1 aromatic carbocycles. The van der Waals surface area contributed by atoms with Crippen LogP contribution in [-0.4, -0.2) is 22.0 Å². The lowest BCUT2D eigenvalue weighted by Gasteiger charge is -2.11. The predicted octanol–water partition coefficient (Wildman–Crippen LogP) is 2.61. The Morgan fingerprint density at radius 1 is 1.24 bits per heavy atom. The molecule has 132 valence electrons. The van der Waals surface area contributed by atoms with Gasteiger partial charge in [-0.05, 0) is 25.0 Å². The van der Waals surface area contributed by atoms with Crippen molar-refractivity contribution in [3.63, 3.8) is 0 Å². The van der Waals surface area contributed by atoms with Crippen molar-refractivity contribution in [2.45, 2.75) is 38.1 Å². The lowest BCUT2D eigenvalue weighted by molar-refractivity contribution is 0.0948. The van der Waals surface area contributed by atoms with Gasteiger partial charge in [-0.1, -0.05) is 12.8 Å². The zero-order chi connectivity index (χ0) is 17.8. The van der Waals surface area contributed by atoms with Crippen LogP contribution in [0.25, 0.3) is 0 Å². The minimum atomic E-state index is -0.919. The molecule has 1 aliphatic rings. The largest absolute Gasteiger partial charge is 0.350 e. The molecule has 0 unspecified atom stereocenters. The van der Waals surface area contributed by atoms with E-state index in [0.717, 1.165) is 30.7 Å². The van der Waals surface area contributed by atoms with Crippen LogP contribution < -0.4 is 10.9 Å². The van der Waals surface area contributed by atoms with E-state index in [0.29, 0.717) is 12.0 Å². The molecular weight excluding hydrogens is 328 g/mol. The number of nitrogens with zero attached hydrogens (tertiary/aromatic N) is 2. The molecule has 7 heteroatoms. The number of aromatic nitrogens is 2. The summed E-state index contributed by atoms with van der Waals surface area (Å²) < 4.78 is 27.8. The van der Waals surface area contributed by atoms with Gasteiger partial charge in [-0.3, -0.25) is 14.2 Å². The summed E-state index contributed by atoms with van der Waals surface area (Å²) >= 11 is 0. The molecule has 1 saturated carbocycles. The fourth-order valence-corrected chi connectivity index (χ4v) is 3.11. The van der Waals surface area contributed by atoms with Crippen LogP contribution in [0.5, 0.6) is 0 Å². The number of carbonyl (C=O) groups is 1. The number of hydrogen-bond acceptors (Lipinski definition) is 3. The number of hydrogen-bond donors (Lipinski definition) is 1. The minimum absolute atomic E-state index is 0.139. The van der Waals surface area contributed by atoms with E-state index >= 15 is 0 Å². The molecular formula is C18H19F2N3O2. The van der Waals surface area contributed by atoms with Crippen LogP contribution in [0.1, 0.15) is 47.7 Å². The van der Waals surface area contributed by atoms with Gasteiger partial charge in [-0.15, -0.1) is 0 Å². The third-order valence-electron chi connectivity index (χ3n) is 4.49. The second-order valence-corrected chi connectivity index (χ2v) is 6.21. The molecule has 25 heavy (non-hydrogen) atoms. The Balaban J connectivity index is 1.58. The quantitative estimate of drug-likeness (QED) is 0.904. The first-order valence-corrected chi connectivity index (χ1v) is 8.34. The summed E-state index contributed by atoms with van der Waals surface area (Å²) in [7, 11) is 0. The van der Waals surface area contributed by atoms with Crippen LogP contribution in [-0.2, 0) is 6.54 Å². The average Bonchev–Trinajstić information content (AvgIpc) is 3.10. The van der Waals surface area contributed by atoms with Crippen molar-refractivity contribution in [2.75, 3.05) is 6.54 Å². The number of rotatable bonds is 5. The molecule has 1 N–H and O–H groups in total. The number of amides is 1. The Morgan fingerprint density at radius 2 is 2.00 bits per heavy atom. The van der Waals surface area contributed by atoms with E-state index in [9.17, 15) is 18.4 Å². The van der Waals surface area contributed by atoms with Crippen molar-refractivity contribution >= 4 is 5.91 Å². The maximum absolute atomic E-state index is 13.5. The summed E-state index contributed by atoms with van der Waals surface area (Å²) in [5.74, 6) is -1.95. The maximum atomic E-state index is 13.5. The highest BCUT2D eigenvalue weighted by Gasteiger charge is 2.19. The first-order chi connectivity index (χ1) is 12.0. The van der Waals surface area contributed by atoms with Gasteiger partial charge in [-0.2, -0.15) is 0 Å². The van der Waals surface area contributed by atoms with Crippen molar-refractivity contribution in [1.29, 1.82) is 0 Å². The van der Waals surface area contributed by atoms with Gasteiger partial charge < -0.3 is 5.32 Å². The second kappa shape index (κ2) is 7.55. The molecule has 0 radical (unpaired) electrons. The standard InChI is InChI=1S/C18H19F2N3O2/c19-13-5-6-14(15(20)9-13)18(25)21-7-8-23-11-22-16(10-17(23)24)12-3-1-2-4-12/h5-6,9-12H,1-4,7-8H2,(H,21,25). The Kier molecular flexibility index (Phi) is 5.21. The molecule has 0 saturated heterocycles. The van der Waals surface area contributed by atoms with Crippen molar-refractivity contribution in [3.05, 3.63) is 63.8 Å². The SMILES string of the molecule is O=C(NCCn1cnc(C2CCCC2)cc1=O)c1ccc(F)cc1F. The molecule has 0 spiro atoms. The van der Waals surface area contributed by atoms with E-state index in [2.05, 4.69) is 10.3 Å². The van der Waals surface area contributed by atoms with Gasteiger partial charge in [0.15, 0.2) is 0 Å². The van der Waals surface area contributed by atoms with Gasteiger partial charge in [0, 0.05) is 31.1 Å². The van der Waals surface area contributed by atoms with Gasteiger partial charge >= 0.3 is 0 Å². The third kappa shape index (κ3) is 4.10. The fourth-order valence-electron chi connectivity index (χ4n) is 3.11. The predicted molar refractivity (Wildman–Crippen MR) is 88.4 cm³/mol. The van der Waals surface area contributed by atoms with Gasteiger partial charge in [0.2, 0.25) is 0 Å². The second-order valence-electron chi connectivity index (χ2n) is 6.21. The first-order valence-electron chi connectivity index (χ1n) is 8.34. The van der Waals surface area contributed by atoms with E-state index in [1.165, 1.54) is 23.7 Å². The fraction of sp³-hybridized carbons (Fsp3) is 0.389. The highest BCUT2D eigenvalue weighted by Crippen LogP contribution is 2.32. The highest BCUT2D eigenvalue weighted by atomic mass is 19.1. The van der Waals surface area contributed by atoms with Crippen LogP contribution in [0.4, 0.5) is 8.78 Å². The van der Waals surface area contributed by atoms with E-state index in [1.807, 2.05) is 0 Å². The van der Waals surface area contributed by atoms with Crippen LogP contribution in [0.3, 0.4) is 0 Å². The topological polar surface area (TPSA) is 64.0 Å². The summed E-state index contributed by atoms with van der Waals surface area (Å²) in [5, 5.41) is 2.52. The Morgan fingerprint density at radius 3 is 2.68 bits per heavy atom. The molecule has 0 atom stereocenters. The number of benzene rings is 1. The molecule has 5 nitrogen and oxygen atoms in total. The molecule has 1 fully saturated rings. The van der Waals surface area contributed by atoms with Gasteiger partial charge in [0.1, 0.15) is 11.6 Å². The van der Waals surface area contributed by atoms with E-state index in [4.69, 9.17) is 0 Å². The molecule has 1 aromatic heterocycles. The van der Waals surface area contributed by atoms with E-state index < -0.39 is 17.5 Å². The molecule has 0 aliphatic heterocycles. The number of nitrogens with one attached hydrogen (secondary N) is 1. The van der Waals surface area contributed by atoms with Crippen molar-refractivity contribution < 1.29 is 13.6 Å². The lowest BCUT2D eigenvalue weighted by atomic mass is 10.0. The van der Waals surface area contributed by atoms with Crippen molar-refractivity contribution in [1.82, 2.24) is 14.9 Å². The molecule has 2 aromatic rings. The highest BCUT2D eigenvalue weighted by molar-refractivity contribution is 5.94. The molecule has 1 heterocycles. The molecule has 1 aliphatic carbocycles. The van der Waals surface area contributed by atoms with Gasteiger partial charge in [0.25, 0.3) is 11.5 Å². The zero-order valence-corrected chi connectivity index (χ0v) is 13.7. The molecule has 1 amide bonds. The maximum Gasteiger partial charge on any atom is 0.254 e. The van der Waals surface area contributed by atoms with Crippen LogP contribution in [0.15, 0.2) is 35.4 Å². The molecule has 3 rings (SSSR count). The number of halogens is 2. The Labute approximate surface area is 143 Å². The summed E-state index contributed by atoms with van der Waals surface area (Å²) in [4.78, 5) is 28.4. The first kappa shape index (κ1) is 17.3. The number of carbonyl (C=O) groups excluding carboxylic acids is 1. The van der Waals surface area contributed by atoms with E-state index in [1.54, 1.807) is 6.07 Å². The average molecular weight is 347 g/mol. The van der Waals surface area contributed by atoms with Crippen LogP contribution >= 0.6 is 0 Å². The summed E-state index contributed by atoms with van der Waals surface area (Å²) in [6.07, 6.45) is 5.95. The Bertz CT molecular complexity index is 829. The minimum Gasteiger partial charge on any atom is -0.350 e. The van der Waals surface area contributed by atoms with Crippen molar-refractivity contribution in [2.24, 2.45) is 0 Å². The zero-order valence-electron chi connectivity index (χ0n) is 13.7. The van der Waals surface area contributed by atoms with E-state index in [-0.39, 0.29) is 24.2 Å². The summed E-state index contributed by atoms with van der Waals surface area (Å²) in [6.45, 7) is 0.366. The summed E-state index contributed by atoms with van der Waals surface area (Å²) in [5.41, 5.74) is 0.429. The lowest BCUT2D eigenvalue weighted by Crippen LogP contribution is -2.31. The molecule has 0 bridgehead atoms. The normalized spacial score (nSPS) is 14.6.